The van der Waals surface area contributed by atoms with Gasteiger partial charge in [0.1, 0.15) is 0 Å². The first-order chi connectivity index (χ1) is 10.1. The summed E-state index contributed by atoms with van der Waals surface area (Å²) in [4.78, 5) is 13.9. The minimum atomic E-state index is -0.0595. The smallest absolute Gasteiger partial charge is 0.231 e. The summed E-state index contributed by atoms with van der Waals surface area (Å²) in [5.74, 6) is -0.0194. The number of carbonyl (C=O) groups is 1. The van der Waals surface area contributed by atoms with Crippen molar-refractivity contribution in [3.63, 3.8) is 0 Å². The summed E-state index contributed by atoms with van der Waals surface area (Å²) in [6.45, 7) is 1.92. The molecule has 1 heterocycles. The van der Waals surface area contributed by atoms with Crippen molar-refractivity contribution in [2.45, 2.75) is 32.1 Å². The fourth-order valence-electron chi connectivity index (χ4n) is 2.82. The van der Waals surface area contributed by atoms with Crippen molar-refractivity contribution < 1.29 is 4.79 Å². The number of hydrogen-bond donors (Lipinski definition) is 2. The molecule has 0 saturated carbocycles. The second-order valence-electron chi connectivity index (χ2n) is 5.42. The average molecular weight is 321 g/mol. The number of aryl methyl sites for hydroxylation is 2. The highest BCUT2D eigenvalue weighted by Crippen LogP contribution is 2.36. The van der Waals surface area contributed by atoms with Gasteiger partial charge in [-0.25, -0.2) is 0 Å². The maximum atomic E-state index is 12.6. The number of fused-ring (bicyclic) bond motifs is 1. The highest BCUT2D eigenvalue weighted by Gasteiger charge is 2.27. The molecule has 1 atom stereocenters. The summed E-state index contributed by atoms with van der Waals surface area (Å²) >= 11 is 7.79. The Kier molecular flexibility index (Phi) is 3.91. The Hall–Kier alpha value is -1.52. The number of thiophene rings is 1. The van der Waals surface area contributed by atoms with E-state index in [-0.39, 0.29) is 11.8 Å². The molecule has 1 amide bonds. The molecule has 5 heteroatoms. The fraction of sp³-hybridized carbons (Fsp3) is 0.312. The van der Waals surface area contributed by atoms with Crippen LogP contribution in [0.25, 0.3) is 0 Å². The van der Waals surface area contributed by atoms with Gasteiger partial charge in [-0.05, 0) is 60.9 Å². The number of anilines is 2. The second-order valence-corrected chi connectivity index (χ2v) is 6.83. The topological polar surface area (TPSA) is 55.1 Å². The van der Waals surface area contributed by atoms with E-state index in [2.05, 4.69) is 16.8 Å². The lowest BCUT2D eigenvalue weighted by molar-refractivity contribution is -0.117. The lowest BCUT2D eigenvalue weighted by Gasteiger charge is -2.22. The molecule has 0 fully saturated rings. The zero-order chi connectivity index (χ0) is 15.0. The van der Waals surface area contributed by atoms with Crippen molar-refractivity contribution in [1.29, 1.82) is 0 Å². The van der Waals surface area contributed by atoms with Crippen LogP contribution in [-0.2, 0) is 11.2 Å². The van der Waals surface area contributed by atoms with Gasteiger partial charge in [0.2, 0.25) is 5.91 Å². The summed E-state index contributed by atoms with van der Waals surface area (Å²) in [6, 6.07) is 5.59. The SMILES string of the molecule is Cc1cc(N)c(Cl)cc1NC(=O)C1CCCc2sccc21. The predicted octanol–water partition coefficient (Wildman–Crippen LogP) is 4.35. The number of nitrogens with one attached hydrogen (secondary N) is 1. The summed E-state index contributed by atoms with van der Waals surface area (Å²) in [6.07, 6.45) is 3.05. The van der Waals surface area contributed by atoms with Crippen molar-refractivity contribution in [2.75, 3.05) is 11.1 Å². The quantitative estimate of drug-likeness (QED) is 0.808. The third-order valence-corrected chi connectivity index (χ3v) is 5.29. The average Bonchev–Trinajstić information content (AvgIpc) is 2.92. The predicted molar refractivity (Wildman–Crippen MR) is 89.2 cm³/mol. The van der Waals surface area contributed by atoms with Crippen LogP contribution in [0.2, 0.25) is 5.02 Å². The van der Waals surface area contributed by atoms with Crippen LogP contribution < -0.4 is 11.1 Å². The van der Waals surface area contributed by atoms with Crippen LogP contribution in [0.3, 0.4) is 0 Å². The number of benzene rings is 1. The maximum absolute atomic E-state index is 12.6. The van der Waals surface area contributed by atoms with E-state index in [1.165, 1.54) is 10.4 Å². The van der Waals surface area contributed by atoms with Crippen LogP contribution in [0, 0.1) is 6.92 Å². The van der Waals surface area contributed by atoms with E-state index in [1.807, 2.05) is 6.92 Å². The number of nitrogens with two attached hydrogens (primary N) is 1. The van der Waals surface area contributed by atoms with Gasteiger partial charge in [0.15, 0.2) is 0 Å². The van der Waals surface area contributed by atoms with E-state index in [9.17, 15) is 4.79 Å². The second kappa shape index (κ2) is 5.70. The minimum absolute atomic E-state index is 0.0401. The molecule has 0 bridgehead atoms. The molecule has 0 spiro atoms. The van der Waals surface area contributed by atoms with Gasteiger partial charge in [-0.3, -0.25) is 4.79 Å². The van der Waals surface area contributed by atoms with E-state index < -0.39 is 0 Å². The largest absolute Gasteiger partial charge is 0.398 e. The van der Waals surface area contributed by atoms with E-state index in [4.69, 9.17) is 17.3 Å². The molecule has 1 unspecified atom stereocenters. The van der Waals surface area contributed by atoms with Crippen molar-refractivity contribution in [3.05, 3.63) is 44.6 Å². The number of carbonyl (C=O) groups excluding carboxylic acids is 1. The summed E-state index contributed by atoms with van der Waals surface area (Å²) in [5.41, 5.74) is 9.15. The van der Waals surface area contributed by atoms with Crippen LogP contribution in [-0.4, -0.2) is 5.91 Å². The van der Waals surface area contributed by atoms with Crippen LogP contribution >= 0.6 is 22.9 Å². The molecule has 1 aromatic carbocycles. The number of halogens is 1. The van der Waals surface area contributed by atoms with Gasteiger partial charge in [0.05, 0.1) is 16.6 Å². The summed E-state index contributed by atoms with van der Waals surface area (Å²) in [5, 5.41) is 5.54. The molecular formula is C16H17ClN2OS. The van der Waals surface area contributed by atoms with Gasteiger partial charge >= 0.3 is 0 Å². The summed E-state index contributed by atoms with van der Waals surface area (Å²) < 4.78 is 0. The normalized spacial score (nSPS) is 17.3. The number of hydrogen-bond acceptors (Lipinski definition) is 3. The lowest BCUT2D eigenvalue weighted by Crippen LogP contribution is -2.24. The van der Waals surface area contributed by atoms with Gasteiger partial charge in [-0.2, -0.15) is 0 Å². The van der Waals surface area contributed by atoms with Crippen molar-refractivity contribution in [2.24, 2.45) is 0 Å². The Balaban J connectivity index is 1.84. The Labute approximate surface area is 133 Å². The van der Waals surface area contributed by atoms with Crippen LogP contribution in [0.15, 0.2) is 23.6 Å². The van der Waals surface area contributed by atoms with E-state index in [0.29, 0.717) is 10.7 Å². The molecule has 0 radical (unpaired) electrons. The van der Waals surface area contributed by atoms with Crippen LogP contribution in [0.4, 0.5) is 11.4 Å². The number of nitrogen functional groups attached to an aromatic ring is 1. The standard InChI is InChI=1S/C16H17ClN2OS/c1-9-7-13(18)12(17)8-14(9)19-16(20)11-3-2-4-15-10(11)5-6-21-15/h5-8,11H,2-4,18H2,1H3,(H,19,20). The molecule has 0 aliphatic heterocycles. The maximum Gasteiger partial charge on any atom is 0.231 e. The van der Waals surface area contributed by atoms with Crippen LogP contribution in [0.1, 0.15) is 34.8 Å². The zero-order valence-corrected chi connectivity index (χ0v) is 13.4. The van der Waals surface area contributed by atoms with Gasteiger partial charge in [-0.15, -0.1) is 11.3 Å². The molecule has 3 rings (SSSR count). The first-order valence-electron chi connectivity index (χ1n) is 6.99. The van der Waals surface area contributed by atoms with Crippen molar-refractivity contribution >= 4 is 40.2 Å². The van der Waals surface area contributed by atoms with E-state index in [0.717, 1.165) is 30.5 Å². The molecule has 1 aliphatic carbocycles. The molecule has 21 heavy (non-hydrogen) atoms. The molecule has 3 N–H and O–H groups in total. The third-order valence-electron chi connectivity index (χ3n) is 3.97. The number of amides is 1. The van der Waals surface area contributed by atoms with Crippen LogP contribution in [0.5, 0.6) is 0 Å². The van der Waals surface area contributed by atoms with Gasteiger partial charge < -0.3 is 11.1 Å². The van der Waals surface area contributed by atoms with Gasteiger partial charge in [-0.1, -0.05) is 11.6 Å². The monoisotopic (exact) mass is 320 g/mol. The molecule has 2 aromatic rings. The van der Waals surface area contributed by atoms with E-state index >= 15 is 0 Å². The molecule has 1 aliphatic rings. The molecule has 3 nitrogen and oxygen atoms in total. The zero-order valence-electron chi connectivity index (χ0n) is 11.8. The Morgan fingerprint density at radius 2 is 2.29 bits per heavy atom. The third kappa shape index (κ3) is 2.78. The molecule has 0 saturated heterocycles. The van der Waals surface area contributed by atoms with Gasteiger partial charge in [0, 0.05) is 10.6 Å². The van der Waals surface area contributed by atoms with E-state index in [1.54, 1.807) is 23.5 Å². The first kappa shape index (κ1) is 14.4. The molecule has 110 valence electrons. The highest BCUT2D eigenvalue weighted by molar-refractivity contribution is 7.10. The minimum Gasteiger partial charge on any atom is -0.398 e. The highest BCUT2D eigenvalue weighted by atomic mass is 35.5. The van der Waals surface area contributed by atoms with Crippen molar-refractivity contribution in [1.82, 2.24) is 0 Å². The summed E-state index contributed by atoms with van der Waals surface area (Å²) in [7, 11) is 0. The molecule has 1 aromatic heterocycles. The Morgan fingerprint density at radius 3 is 3.10 bits per heavy atom. The first-order valence-corrected chi connectivity index (χ1v) is 8.25. The fourth-order valence-corrected chi connectivity index (χ4v) is 3.97. The number of rotatable bonds is 2. The molecular weight excluding hydrogens is 304 g/mol. The van der Waals surface area contributed by atoms with Gasteiger partial charge in [0.25, 0.3) is 0 Å². The van der Waals surface area contributed by atoms with Crippen molar-refractivity contribution in [3.8, 4) is 0 Å². The Bertz CT molecular complexity index is 696. The lowest BCUT2D eigenvalue weighted by atomic mass is 9.87. The Morgan fingerprint density at radius 1 is 1.48 bits per heavy atom.